The Balaban J connectivity index is 1.48. The summed E-state index contributed by atoms with van der Waals surface area (Å²) in [5.41, 5.74) is 10.5. The number of hydrogen-bond acceptors (Lipinski definition) is 3. The predicted molar refractivity (Wildman–Crippen MR) is 173 cm³/mol. The molecule has 0 aliphatic heterocycles. The molecule has 0 N–H and O–H groups in total. The first kappa shape index (κ1) is 22.7. The van der Waals surface area contributed by atoms with Crippen molar-refractivity contribution in [1.29, 1.82) is 0 Å². The van der Waals surface area contributed by atoms with Gasteiger partial charge in [0, 0.05) is 26.6 Å². The highest BCUT2D eigenvalue weighted by Gasteiger charge is 2.28. The molecule has 0 radical (unpaired) electrons. The van der Waals surface area contributed by atoms with Gasteiger partial charge in [-0.1, -0.05) is 121 Å². The molecule has 0 unspecified atom stereocenters. The maximum Gasteiger partial charge on any atom is 0.171 e. The molecule has 0 saturated carbocycles. The van der Waals surface area contributed by atoms with Crippen LogP contribution in [0.2, 0.25) is 0 Å². The molecular formula is C38H22N2S. The van der Waals surface area contributed by atoms with Gasteiger partial charge < -0.3 is 0 Å². The van der Waals surface area contributed by atoms with Gasteiger partial charge in [-0.15, -0.1) is 11.3 Å². The van der Waals surface area contributed by atoms with Crippen molar-refractivity contribution < 1.29 is 0 Å². The molecule has 2 nitrogen and oxygen atoms in total. The van der Waals surface area contributed by atoms with Gasteiger partial charge in [0.2, 0.25) is 0 Å². The molecule has 6 aromatic carbocycles. The van der Waals surface area contributed by atoms with Crippen LogP contribution in [0.3, 0.4) is 0 Å². The highest BCUT2D eigenvalue weighted by atomic mass is 32.1. The minimum Gasteiger partial charge on any atom is -0.227 e. The zero-order valence-electron chi connectivity index (χ0n) is 22.0. The Morgan fingerprint density at radius 3 is 1.90 bits per heavy atom. The van der Waals surface area contributed by atoms with Crippen LogP contribution in [0.4, 0.5) is 0 Å². The van der Waals surface area contributed by atoms with E-state index in [0.29, 0.717) is 0 Å². The van der Waals surface area contributed by atoms with Crippen molar-refractivity contribution in [2.24, 2.45) is 0 Å². The van der Waals surface area contributed by atoms with Crippen LogP contribution in [0.15, 0.2) is 133 Å². The van der Waals surface area contributed by atoms with Crippen LogP contribution >= 0.6 is 11.3 Å². The summed E-state index contributed by atoms with van der Waals surface area (Å²) in [7, 11) is 0. The lowest BCUT2D eigenvalue weighted by atomic mass is 9.93. The Labute approximate surface area is 241 Å². The third kappa shape index (κ3) is 3.30. The number of aromatic nitrogens is 2. The van der Waals surface area contributed by atoms with E-state index in [1.807, 2.05) is 11.3 Å². The van der Waals surface area contributed by atoms with Crippen LogP contribution in [0.1, 0.15) is 0 Å². The summed E-state index contributed by atoms with van der Waals surface area (Å²) in [5.74, 6) is 0.773. The average molecular weight is 539 g/mol. The Kier molecular flexibility index (Phi) is 4.80. The van der Waals surface area contributed by atoms with Crippen LogP contribution < -0.4 is 0 Å². The maximum atomic E-state index is 5.33. The quantitative estimate of drug-likeness (QED) is 0.219. The smallest absolute Gasteiger partial charge is 0.171 e. The van der Waals surface area contributed by atoms with Crippen molar-refractivity contribution in [3.8, 4) is 55.3 Å². The molecule has 0 spiro atoms. The molecule has 2 aromatic heterocycles. The Morgan fingerprint density at radius 2 is 1.10 bits per heavy atom. The van der Waals surface area contributed by atoms with Crippen molar-refractivity contribution in [3.05, 3.63) is 133 Å². The minimum absolute atomic E-state index is 0.773. The summed E-state index contributed by atoms with van der Waals surface area (Å²) in [4.78, 5) is 11.7. The van der Waals surface area contributed by atoms with Crippen molar-refractivity contribution >= 4 is 43.1 Å². The van der Waals surface area contributed by atoms with E-state index in [-0.39, 0.29) is 0 Å². The molecular weight excluding hydrogens is 516 g/mol. The highest BCUT2D eigenvalue weighted by molar-refractivity contribution is 7.24. The molecule has 0 amide bonds. The molecule has 9 rings (SSSR count). The van der Waals surface area contributed by atoms with E-state index < -0.39 is 0 Å². The van der Waals surface area contributed by atoms with E-state index in [4.69, 9.17) is 9.97 Å². The number of rotatable bonds is 2. The zero-order valence-corrected chi connectivity index (χ0v) is 22.8. The van der Waals surface area contributed by atoms with Gasteiger partial charge in [-0.25, -0.2) is 9.97 Å². The van der Waals surface area contributed by atoms with Gasteiger partial charge in [-0.2, -0.15) is 0 Å². The Hall–Kier alpha value is -5.12. The van der Waals surface area contributed by atoms with Crippen LogP contribution in [0.5, 0.6) is 0 Å². The van der Waals surface area contributed by atoms with Crippen molar-refractivity contribution in [3.63, 3.8) is 0 Å². The number of nitrogens with zero attached hydrogens (tertiary/aromatic N) is 2. The second-order valence-corrected chi connectivity index (χ2v) is 11.5. The molecule has 1 aliphatic carbocycles. The number of thiophene rings is 1. The zero-order chi connectivity index (χ0) is 26.9. The fraction of sp³-hybridized carbons (Fsp3) is 0. The van der Waals surface area contributed by atoms with Crippen molar-refractivity contribution in [1.82, 2.24) is 9.97 Å². The fourth-order valence-electron chi connectivity index (χ4n) is 6.45. The SMILES string of the molecule is c1ccc(-c2nc(-c3sc4c5c(cc6ccccc64)-c4ccccc4-c4ccccc4-c35)nc3ccccc23)cc1. The first-order valence-electron chi connectivity index (χ1n) is 13.9. The van der Waals surface area contributed by atoms with Crippen molar-refractivity contribution in [2.45, 2.75) is 0 Å². The summed E-state index contributed by atoms with van der Waals surface area (Å²) in [6.45, 7) is 0. The van der Waals surface area contributed by atoms with Gasteiger partial charge in [0.05, 0.1) is 16.1 Å². The number of hydrogen-bond donors (Lipinski definition) is 0. The monoisotopic (exact) mass is 538 g/mol. The second kappa shape index (κ2) is 8.69. The first-order valence-corrected chi connectivity index (χ1v) is 14.7. The normalized spacial score (nSPS) is 11.9. The average Bonchev–Trinajstić information content (AvgIpc) is 3.40. The molecule has 0 fully saturated rings. The van der Waals surface area contributed by atoms with Gasteiger partial charge >= 0.3 is 0 Å². The van der Waals surface area contributed by atoms with E-state index in [1.54, 1.807) is 0 Å². The minimum atomic E-state index is 0.773. The molecule has 190 valence electrons. The summed E-state index contributed by atoms with van der Waals surface area (Å²) >= 11 is 1.82. The lowest BCUT2D eigenvalue weighted by molar-refractivity contribution is 1.24. The summed E-state index contributed by atoms with van der Waals surface area (Å²) in [6.07, 6.45) is 0. The number of para-hydroxylation sites is 1. The second-order valence-electron chi connectivity index (χ2n) is 10.5. The highest BCUT2D eigenvalue weighted by Crippen LogP contribution is 2.55. The third-order valence-corrected chi connectivity index (χ3v) is 9.46. The van der Waals surface area contributed by atoms with E-state index >= 15 is 0 Å². The standard InChI is InChI=1S/C38H22N2S/c1-2-12-23(13-3-1)35-30-20-10-11-21-32(30)39-38(40-35)37-33-29-19-9-8-17-27(29)26-16-6-7-18-28(26)31-22-24-14-4-5-15-25(24)36(41-37)34(31)33/h1-22H. The van der Waals surface area contributed by atoms with E-state index in [0.717, 1.165) is 32.9 Å². The topological polar surface area (TPSA) is 25.8 Å². The van der Waals surface area contributed by atoms with Crippen LogP contribution in [0, 0.1) is 0 Å². The number of benzene rings is 6. The molecule has 8 aromatic rings. The van der Waals surface area contributed by atoms with Crippen LogP contribution in [-0.4, -0.2) is 9.97 Å². The van der Waals surface area contributed by atoms with Gasteiger partial charge in [-0.3, -0.25) is 0 Å². The van der Waals surface area contributed by atoms with Gasteiger partial charge in [0.1, 0.15) is 0 Å². The van der Waals surface area contributed by atoms with Gasteiger partial charge in [-0.05, 0) is 50.7 Å². The molecule has 2 heterocycles. The first-order chi connectivity index (χ1) is 20.3. The number of fused-ring (bicyclic) bond motifs is 8. The fourth-order valence-corrected chi connectivity index (χ4v) is 7.76. The summed E-state index contributed by atoms with van der Waals surface area (Å²) < 4.78 is 1.28. The summed E-state index contributed by atoms with van der Waals surface area (Å²) in [6, 6.07) is 47.6. The van der Waals surface area contributed by atoms with Crippen LogP contribution in [-0.2, 0) is 0 Å². The molecule has 0 bridgehead atoms. The lowest BCUT2D eigenvalue weighted by Gasteiger charge is -2.12. The molecule has 41 heavy (non-hydrogen) atoms. The summed E-state index contributed by atoms with van der Waals surface area (Å²) in [5, 5.41) is 4.87. The molecule has 3 heteroatoms. The van der Waals surface area contributed by atoms with Crippen LogP contribution in [0.25, 0.3) is 87.1 Å². The van der Waals surface area contributed by atoms with Gasteiger partial charge in [0.25, 0.3) is 0 Å². The largest absolute Gasteiger partial charge is 0.227 e. The van der Waals surface area contributed by atoms with Gasteiger partial charge in [0.15, 0.2) is 5.82 Å². The van der Waals surface area contributed by atoms with E-state index in [2.05, 4.69) is 133 Å². The Morgan fingerprint density at radius 1 is 0.488 bits per heavy atom. The molecule has 0 saturated heterocycles. The predicted octanol–water partition coefficient (Wildman–Crippen LogP) is 10.6. The van der Waals surface area contributed by atoms with Crippen molar-refractivity contribution in [2.75, 3.05) is 0 Å². The molecule has 1 aliphatic rings. The lowest BCUT2D eigenvalue weighted by Crippen LogP contribution is -1.95. The van der Waals surface area contributed by atoms with E-state index in [1.165, 1.54) is 54.2 Å². The maximum absolute atomic E-state index is 5.33. The van der Waals surface area contributed by atoms with E-state index in [9.17, 15) is 0 Å². The Bertz CT molecular complexity index is 2310. The third-order valence-electron chi connectivity index (χ3n) is 8.24. The molecule has 0 atom stereocenters.